The van der Waals surface area contributed by atoms with Gasteiger partial charge in [-0.1, -0.05) is 12.2 Å². The number of fused-ring (bicyclic) bond motifs is 1. The summed E-state index contributed by atoms with van der Waals surface area (Å²) >= 11 is 0. The number of allylic oxidation sites excluding steroid dienone is 2. The largest absolute Gasteiger partial charge is 0.468 e. The van der Waals surface area contributed by atoms with E-state index in [1.807, 2.05) is 0 Å². The molecule has 0 radical (unpaired) electrons. The van der Waals surface area contributed by atoms with E-state index in [9.17, 15) is 9.59 Å². The van der Waals surface area contributed by atoms with Gasteiger partial charge in [0.2, 0.25) is 0 Å². The van der Waals surface area contributed by atoms with Gasteiger partial charge in [-0.15, -0.1) is 0 Å². The molecular weight excluding hydrogens is 244 g/mol. The maximum atomic E-state index is 12.1. The van der Waals surface area contributed by atoms with E-state index in [0.717, 1.165) is 12.8 Å². The summed E-state index contributed by atoms with van der Waals surface area (Å²) in [7, 11) is 2.67. The van der Waals surface area contributed by atoms with E-state index >= 15 is 0 Å². The number of methoxy groups -OCH3 is 2. The van der Waals surface area contributed by atoms with Crippen LogP contribution in [0, 0.1) is 17.3 Å². The molecule has 0 heterocycles. The third-order valence-electron chi connectivity index (χ3n) is 4.61. The molecule has 0 aromatic carbocycles. The minimum Gasteiger partial charge on any atom is -0.468 e. The first-order valence-electron chi connectivity index (χ1n) is 6.97. The molecule has 2 aliphatic rings. The monoisotopic (exact) mass is 266 g/mol. The van der Waals surface area contributed by atoms with Crippen LogP contribution in [0.2, 0.25) is 0 Å². The summed E-state index contributed by atoms with van der Waals surface area (Å²) in [4.78, 5) is 24.2. The first-order valence-corrected chi connectivity index (χ1v) is 6.97. The standard InChI is InChI=1S/C15H22O4/c1-18-13(16)15(14(17)19-2)9-8-11-6-4-3-5-7-12(11)10-15/h5,7,11-12H,3-4,6,8-10H2,1-2H3/t11-,12-/m0/s1. The number of rotatable bonds is 2. The predicted molar refractivity (Wildman–Crippen MR) is 70.3 cm³/mol. The minimum atomic E-state index is -1.10. The maximum Gasteiger partial charge on any atom is 0.323 e. The van der Waals surface area contributed by atoms with Gasteiger partial charge in [-0.2, -0.15) is 0 Å². The van der Waals surface area contributed by atoms with Crippen LogP contribution in [0.4, 0.5) is 0 Å². The molecular formula is C15H22O4. The van der Waals surface area contributed by atoms with Crippen molar-refractivity contribution in [3.8, 4) is 0 Å². The molecule has 1 saturated carbocycles. The van der Waals surface area contributed by atoms with Gasteiger partial charge in [0.25, 0.3) is 0 Å². The minimum absolute atomic E-state index is 0.287. The van der Waals surface area contributed by atoms with Gasteiger partial charge in [-0.25, -0.2) is 0 Å². The highest BCUT2D eigenvalue weighted by molar-refractivity contribution is 6.00. The zero-order valence-electron chi connectivity index (χ0n) is 11.7. The van der Waals surface area contributed by atoms with Crippen molar-refractivity contribution in [1.82, 2.24) is 0 Å². The molecule has 0 aromatic heterocycles. The average Bonchev–Trinajstić information content (AvgIpc) is 2.69. The number of hydrogen-bond donors (Lipinski definition) is 0. The summed E-state index contributed by atoms with van der Waals surface area (Å²) in [6, 6.07) is 0. The lowest BCUT2D eigenvalue weighted by atomic mass is 9.64. The zero-order valence-corrected chi connectivity index (χ0v) is 11.7. The van der Waals surface area contributed by atoms with Crippen molar-refractivity contribution in [3.63, 3.8) is 0 Å². The van der Waals surface area contributed by atoms with E-state index in [-0.39, 0.29) is 5.92 Å². The summed E-state index contributed by atoms with van der Waals surface area (Å²) < 4.78 is 9.73. The van der Waals surface area contributed by atoms with Crippen LogP contribution in [-0.4, -0.2) is 26.2 Å². The summed E-state index contributed by atoms with van der Waals surface area (Å²) in [5.41, 5.74) is -1.10. The highest BCUT2D eigenvalue weighted by Gasteiger charge is 2.52. The lowest BCUT2D eigenvalue weighted by molar-refractivity contribution is -0.173. The fourth-order valence-electron chi connectivity index (χ4n) is 3.51. The molecule has 0 unspecified atom stereocenters. The number of carbonyl (C=O) groups is 2. The Morgan fingerprint density at radius 1 is 1.16 bits per heavy atom. The fourth-order valence-corrected chi connectivity index (χ4v) is 3.51. The summed E-state index contributed by atoms with van der Waals surface area (Å²) in [6.07, 6.45) is 9.77. The van der Waals surface area contributed by atoms with Gasteiger partial charge >= 0.3 is 11.9 Å². The van der Waals surface area contributed by atoms with Crippen molar-refractivity contribution in [3.05, 3.63) is 12.2 Å². The SMILES string of the molecule is COC(=O)C1(C(=O)OC)CC[C@@H]2CCCC=C[C@H]2C1. The highest BCUT2D eigenvalue weighted by atomic mass is 16.5. The third-order valence-corrected chi connectivity index (χ3v) is 4.61. The van der Waals surface area contributed by atoms with Crippen LogP contribution in [-0.2, 0) is 19.1 Å². The number of ether oxygens (including phenoxy) is 2. The summed E-state index contributed by atoms with van der Waals surface area (Å²) in [6.45, 7) is 0. The van der Waals surface area contributed by atoms with Gasteiger partial charge < -0.3 is 9.47 Å². The second-order valence-corrected chi connectivity index (χ2v) is 5.59. The lowest BCUT2D eigenvalue weighted by Gasteiger charge is -2.39. The molecule has 2 atom stereocenters. The van der Waals surface area contributed by atoms with Gasteiger partial charge in [-0.3, -0.25) is 9.59 Å². The Hall–Kier alpha value is -1.32. The Morgan fingerprint density at radius 2 is 1.84 bits per heavy atom. The quantitative estimate of drug-likeness (QED) is 0.438. The Bertz CT molecular complexity index is 370. The number of esters is 2. The van der Waals surface area contributed by atoms with Crippen LogP contribution in [0.15, 0.2) is 12.2 Å². The van der Waals surface area contributed by atoms with Crippen molar-refractivity contribution >= 4 is 11.9 Å². The van der Waals surface area contributed by atoms with E-state index < -0.39 is 17.4 Å². The molecule has 0 bridgehead atoms. The topological polar surface area (TPSA) is 52.6 Å². The normalized spacial score (nSPS) is 28.9. The van der Waals surface area contributed by atoms with Crippen LogP contribution in [0.5, 0.6) is 0 Å². The first kappa shape index (κ1) is 14.1. The first-order chi connectivity index (χ1) is 9.14. The zero-order chi connectivity index (χ0) is 13.9. The molecule has 2 aliphatic carbocycles. The molecule has 0 aliphatic heterocycles. The third kappa shape index (κ3) is 2.53. The Balaban J connectivity index is 2.26. The van der Waals surface area contributed by atoms with E-state index in [0.29, 0.717) is 18.8 Å². The molecule has 0 aromatic rings. The van der Waals surface area contributed by atoms with Crippen molar-refractivity contribution in [2.75, 3.05) is 14.2 Å². The summed E-state index contributed by atoms with van der Waals surface area (Å²) in [5.74, 6) is -0.0264. The van der Waals surface area contributed by atoms with Crippen LogP contribution < -0.4 is 0 Å². The maximum absolute atomic E-state index is 12.1. The van der Waals surface area contributed by atoms with Gasteiger partial charge in [0.1, 0.15) is 0 Å². The molecule has 0 saturated heterocycles. The van der Waals surface area contributed by atoms with Gasteiger partial charge in [0.05, 0.1) is 14.2 Å². The predicted octanol–water partition coefficient (Wildman–Crippen LogP) is 2.48. The molecule has 106 valence electrons. The van der Waals surface area contributed by atoms with Crippen LogP contribution in [0.1, 0.15) is 38.5 Å². The van der Waals surface area contributed by atoms with Crippen molar-refractivity contribution in [2.45, 2.75) is 38.5 Å². The second kappa shape index (κ2) is 5.76. The number of hydrogen-bond acceptors (Lipinski definition) is 4. The molecule has 0 N–H and O–H groups in total. The van der Waals surface area contributed by atoms with E-state index in [2.05, 4.69) is 12.2 Å². The molecule has 0 spiro atoms. The highest BCUT2D eigenvalue weighted by Crippen LogP contribution is 2.47. The van der Waals surface area contributed by atoms with Gasteiger partial charge in [-0.05, 0) is 50.4 Å². The number of carbonyl (C=O) groups excluding carboxylic acids is 2. The summed E-state index contributed by atoms with van der Waals surface area (Å²) in [5, 5.41) is 0. The van der Waals surface area contributed by atoms with Gasteiger partial charge in [0, 0.05) is 0 Å². The van der Waals surface area contributed by atoms with E-state index in [4.69, 9.17) is 9.47 Å². The molecule has 4 nitrogen and oxygen atoms in total. The molecule has 1 fully saturated rings. The van der Waals surface area contributed by atoms with Crippen LogP contribution >= 0.6 is 0 Å². The fraction of sp³-hybridized carbons (Fsp3) is 0.733. The van der Waals surface area contributed by atoms with Crippen LogP contribution in [0.25, 0.3) is 0 Å². The second-order valence-electron chi connectivity index (χ2n) is 5.59. The van der Waals surface area contributed by atoms with Crippen molar-refractivity contribution in [2.24, 2.45) is 17.3 Å². The molecule has 4 heteroatoms. The van der Waals surface area contributed by atoms with Crippen LogP contribution in [0.3, 0.4) is 0 Å². The molecule has 19 heavy (non-hydrogen) atoms. The smallest absolute Gasteiger partial charge is 0.323 e. The van der Waals surface area contributed by atoms with E-state index in [1.54, 1.807) is 0 Å². The van der Waals surface area contributed by atoms with Crippen molar-refractivity contribution in [1.29, 1.82) is 0 Å². The lowest BCUT2D eigenvalue weighted by Crippen LogP contribution is -2.46. The van der Waals surface area contributed by atoms with E-state index in [1.165, 1.54) is 27.1 Å². The Morgan fingerprint density at radius 3 is 2.47 bits per heavy atom. The Kier molecular flexibility index (Phi) is 4.27. The Labute approximate surface area is 114 Å². The van der Waals surface area contributed by atoms with Gasteiger partial charge in [0.15, 0.2) is 5.41 Å². The molecule has 0 amide bonds. The van der Waals surface area contributed by atoms with Crippen molar-refractivity contribution < 1.29 is 19.1 Å². The average molecular weight is 266 g/mol. The molecule has 2 rings (SSSR count).